The number of carbonyl (C=O) groups is 3. The molecule has 1 atom stereocenters. The summed E-state index contributed by atoms with van der Waals surface area (Å²) in [6.07, 6.45) is 2.86. The van der Waals surface area contributed by atoms with Gasteiger partial charge in [-0.25, -0.2) is 10.2 Å². The van der Waals surface area contributed by atoms with Gasteiger partial charge in [-0.05, 0) is 92.9 Å². The van der Waals surface area contributed by atoms with Crippen molar-refractivity contribution in [2.24, 2.45) is 11.0 Å². The minimum Gasteiger partial charge on any atom is -0.491 e. The third-order valence-electron chi connectivity index (χ3n) is 6.18. The SMILES string of the molecule is CNC(=O)C(=O)N[C@@H](C)CC1CCC2(CC1)OC(=O)NN=C2c1ccc(OCC(C)(C)O)cc1Br. The normalized spacial score (nSPS) is 23.0. The quantitative estimate of drug-likeness (QED) is 0.383. The predicted octanol–water partition coefficient (Wildman–Crippen LogP) is 2.61. The number of ether oxygens (including phenoxy) is 2. The molecule has 1 saturated carbocycles. The fourth-order valence-corrected chi connectivity index (χ4v) is 5.02. The van der Waals surface area contributed by atoms with E-state index in [2.05, 4.69) is 37.1 Å². The number of nitrogens with one attached hydrogen (secondary N) is 3. The topological polar surface area (TPSA) is 138 Å². The monoisotopic (exact) mass is 552 g/mol. The summed E-state index contributed by atoms with van der Waals surface area (Å²) in [6, 6.07) is 5.29. The molecule has 1 spiro atoms. The molecule has 4 N–H and O–H groups in total. The summed E-state index contributed by atoms with van der Waals surface area (Å²) in [5.41, 5.74) is 2.03. The Morgan fingerprint density at radius 3 is 2.63 bits per heavy atom. The summed E-state index contributed by atoms with van der Waals surface area (Å²) in [5, 5.41) is 19.3. The first-order chi connectivity index (χ1) is 16.4. The van der Waals surface area contributed by atoms with Gasteiger partial charge in [-0.3, -0.25) is 9.59 Å². The average molecular weight is 553 g/mol. The van der Waals surface area contributed by atoms with Crippen molar-refractivity contribution in [3.8, 4) is 5.75 Å². The van der Waals surface area contributed by atoms with Crippen LogP contribution in [-0.4, -0.2) is 59.6 Å². The van der Waals surface area contributed by atoms with Crippen LogP contribution in [0.2, 0.25) is 0 Å². The molecular formula is C24H33BrN4O6. The second kappa shape index (κ2) is 10.9. The third kappa shape index (κ3) is 6.94. The average Bonchev–Trinajstić information content (AvgIpc) is 2.79. The van der Waals surface area contributed by atoms with Crippen LogP contribution >= 0.6 is 15.9 Å². The molecule has 0 aromatic heterocycles. The summed E-state index contributed by atoms with van der Waals surface area (Å²) in [6.45, 7) is 5.36. The van der Waals surface area contributed by atoms with Crippen LogP contribution in [0.15, 0.2) is 27.8 Å². The zero-order valence-corrected chi connectivity index (χ0v) is 22.0. The number of hydrogen-bond donors (Lipinski definition) is 4. The van der Waals surface area contributed by atoms with Crippen molar-refractivity contribution in [2.45, 2.75) is 70.1 Å². The van der Waals surface area contributed by atoms with Crippen molar-refractivity contribution in [1.82, 2.24) is 16.1 Å². The Bertz CT molecular complexity index is 998. The molecule has 11 heteroatoms. The summed E-state index contributed by atoms with van der Waals surface area (Å²) >= 11 is 3.59. The number of likely N-dealkylation sites (N-methyl/N-ethyl adjacent to an activating group) is 1. The molecule has 1 aromatic carbocycles. The van der Waals surface area contributed by atoms with Gasteiger partial charge in [0.25, 0.3) is 0 Å². The lowest BCUT2D eigenvalue weighted by atomic mass is 9.73. The molecule has 1 fully saturated rings. The third-order valence-corrected chi connectivity index (χ3v) is 6.83. The van der Waals surface area contributed by atoms with Crippen molar-refractivity contribution in [2.75, 3.05) is 13.7 Å². The first kappa shape index (κ1) is 26.9. The van der Waals surface area contributed by atoms with Crippen LogP contribution in [0.25, 0.3) is 0 Å². The number of benzene rings is 1. The fourth-order valence-electron chi connectivity index (χ4n) is 4.48. The minimum atomic E-state index is -0.956. The van der Waals surface area contributed by atoms with Crippen molar-refractivity contribution in [1.29, 1.82) is 0 Å². The van der Waals surface area contributed by atoms with Crippen LogP contribution < -0.4 is 20.8 Å². The summed E-state index contributed by atoms with van der Waals surface area (Å²) in [7, 11) is 1.42. The highest BCUT2D eigenvalue weighted by Crippen LogP contribution is 2.42. The van der Waals surface area contributed by atoms with Crippen LogP contribution in [-0.2, 0) is 14.3 Å². The van der Waals surface area contributed by atoms with E-state index < -0.39 is 29.1 Å². The molecule has 0 radical (unpaired) electrons. The van der Waals surface area contributed by atoms with Crippen molar-refractivity contribution in [3.05, 3.63) is 28.2 Å². The molecule has 3 amide bonds. The maximum Gasteiger partial charge on any atom is 0.428 e. The highest BCUT2D eigenvalue weighted by atomic mass is 79.9. The standard InChI is InChI=1S/C24H33BrN4O6/c1-14(27-21(31)20(30)26-4)11-15-7-9-24(10-8-15)19(28-29-22(32)35-24)17-6-5-16(12-18(17)25)34-13-23(2,3)33/h5-6,12,14-15,33H,7-11,13H2,1-4H3,(H,26,30)(H,27,31)(H,29,32)/t14-,15?,24?/m0/s1. The number of hydrogen-bond acceptors (Lipinski definition) is 7. The first-order valence-electron chi connectivity index (χ1n) is 11.7. The van der Waals surface area contributed by atoms with Crippen molar-refractivity contribution < 1.29 is 29.0 Å². The lowest BCUT2D eigenvalue weighted by Crippen LogP contribution is -2.52. The molecule has 35 heavy (non-hydrogen) atoms. The smallest absolute Gasteiger partial charge is 0.428 e. The van der Waals surface area contributed by atoms with E-state index in [0.29, 0.717) is 36.6 Å². The number of nitrogens with zero attached hydrogens (tertiary/aromatic N) is 1. The molecule has 0 saturated heterocycles. The molecular weight excluding hydrogens is 520 g/mol. The van der Waals surface area contributed by atoms with Crippen LogP contribution in [0.5, 0.6) is 5.75 Å². The van der Waals surface area contributed by atoms with Gasteiger partial charge in [-0.2, -0.15) is 5.10 Å². The van der Waals surface area contributed by atoms with Crippen LogP contribution in [0.1, 0.15) is 58.4 Å². The van der Waals surface area contributed by atoms with E-state index in [4.69, 9.17) is 9.47 Å². The number of amides is 3. The van der Waals surface area contributed by atoms with Gasteiger partial charge in [0.2, 0.25) is 0 Å². The Kier molecular flexibility index (Phi) is 8.42. The predicted molar refractivity (Wildman–Crippen MR) is 133 cm³/mol. The van der Waals surface area contributed by atoms with E-state index in [-0.39, 0.29) is 12.6 Å². The van der Waals surface area contributed by atoms with Gasteiger partial charge in [-0.1, -0.05) is 0 Å². The first-order valence-corrected chi connectivity index (χ1v) is 12.5. The summed E-state index contributed by atoms with van der Waals surface area (Å²) in [4.78, 5) is 35.4. The van der Waals surface area contributed by atoms with E-state index in [0.717, 1.165) is 22.9 Å². The maximum absolute atomic E-state index is 12.1. The molecule has 10 nitrogen and oxygen atoms in total. The molecule has 2 aliphatic rings. The number of carbonyl (C=O) groups excluding carboxylic acids is 3. The molecule has 192 valence electrons. The molecule has 0 bridgehead atoms. The second-order valence-electron chi connectivity index (χ2n) is 9.83. The Labute approximate surface area is 213 Å². The number of aliphatic hydroxyl groups is 1. The zero-order valence-electron chi connectivity index (χ0n) is 20.4. The van der Waals surface area contributed by atoms with Crippen LogP contribution in [0.3, 0.4) is 0 Å². The summed E-state index contributed by atoms with van der Waals surface area (Å²) < 4.78 is 12.2. The Hall–Kier alpha value is -2.66. The molecule has 1 aliphatic heterocycles. The van der Waals surface area contributed by atoms with Crippen molar-refractivity contribution >= 4 is 39.5 Å². The fraction of sp³-hybridized carbons (Fsp3) is 0.583. The van der Waals surface area contributed by atoms with Crippen LogP contribution in [0, 0.1) is 5.92 Å². The molecule has 0 unspecified atom stereocenters. The highest BCUT2D eigenvalue weighted by Gasteiger charge is 2.46. The van der Waals surface area contributed by atoms with E-state index >= 15 is 0 Å². The molecule has 1 heterocycles. The van der Waals surface area contributed by atoms with E-state index in [1.165, 1.54) is 7.05 Å². The maximum atomic E-state index is 12.1. The molecule has 1 aromatic rings. The van der Waals surface area contributed by atoms with Gasteiger partial charge in [0.1, 0.15) is 18.1 Å². The van der Waals surface area contributed by atoms with Gasteiger partial charge >= 0.3 is 17.9 Å². The number of hydrazone groups is 1. The van der Waals surface area contributed by atoms with Crippen molar-refractivity contribution in [3.63, 3.8) is 0 Å². The zero-order chi connectivity index (χ0) is 25.8. The summed E-state index contributed by atoms with van der Waals surface area (Å²) in [5.74, 6) is -0.413. The Morgan fingerprint density at radius 2 is 2.03 bits per heavy atom. The van der Waals surface area contributed by atoms with Gasteiger partial charge in [0.05, 0.1) is 5.60 Å². The van der Waals surface area contributed by atoms with Gasteiger partial charge in [0.15, 0.2) is 5.60 Å². The minimum absolute atomic E-state index is 0.145. The Balaban J connectivity index is 1.69. The van der Waals surface area contributed by atoms with E-state index in [1.807, 2.05) is 13.0 Å². The molecule has 3 rings (SSSR count). The lowest BCUT2D eigenvalue weighted by molar-refractivity contribution is -0.139. The van der Waals surface area contributed by atoms with E-state index in [1.54, 1.807) is 26.0 Å². The second-order valence-corrected chi connectivity index (χ2v) is 10.7. The number of rotatable bonds is 7. The van der Waals surface area contributed by atoms with E-state index in [9.17, 15) is 19.5 Å². The van der Waals surface area contributed by atoms with Crippen LogP contribution in [0.4, 0.5) is 4.79 Å². The largest absolute Gasteiger partial charge is 0.491 e. The Morgan fingerprint density at radius 1 is 1.34 bits per heavy atom. The van der Waals surface area contributed by atoms with Gasteiger partial charge in [-0.15, -0.1) is 0 Å². The highest BCUT2D eigenvalue weighted by molar-refractivity contribution is 9.10. The van der Waals surface area contributed by atoms with Gasteiger partial charge in [0, 0.05) is 23.1 Å². The molecule has 1 aliphatic carbocycles. The van der Waals surface area contributed by atoms with Gasteiger partial charge < -0.3 is 25.2 Å². The lowest BCUT2D eigenvalue weighted by Gasteiger charge is -2.42. The number of halogens is 1.